The number of aliphatic hydroxyl groups is 1. The molecule has 8 heteroatoms. The van der Waals surface area contributed by atoms with Crippen LogP contribution in [-0.2, 0) is 6.54 Å². The van der Waals surface area contributed by atoms with E-state index in [1.54, 1.807) is 30.9 Å². The Morgan fingerprint density at radius 3 is 2.58 bits per heavy atom. The smallest absolute Gasteiger partial charge is 0.262 e. The van der Waals surface area contributed by atoms with Crippen LogP contribution < -0.4 is 10.1 Å². The Bertz CT molecular complexity index is 1060. The Labute approximate surface area is 178 Å². The first-order valence-corrected chi connectivity index (χ1v) is 10.1. The number of methoxy groups -OCH3 is 1. The highest BCUT2D eigenvalue weighted by Gasteiger charge is 2.48. The first kappa shape index (κ1) is 21.2. The van der Waals surface area contributed by atoms with Crippen molar-refractivity contribution < 1.29 is 28.2 Å². The van der Waals surface area contributed by atoms with Gasteiger partial charge < -0.3 is 20.1 Å². The summed E-state index contributed by atoms with van der Waals surface area (Å²) in [4.78, 5) is 27.7. The summed E-state index contributed by atoms with van der Waals surface area (Å²) in [5.41, 5.74) is -0.466. The zero-order chi connectivity index (χ0) is 22.5. The second-order valence-electron chi connectivity index (χ2n) is 8.60. The first-order valence-electron chi connectivity index (χ1n) is 10.1. The molecule has 1 saturated carbocycles. The van der Waals surface area contributed by atoms with Crippen LogP contribution in [0.3, 0.4) is 0 Å². The number of carbonyl (C=O) groups excluding carboxylic acids is 2. The van der Waals surface area contributed by atoms with Crippen molar-refractivity contribution in [2.24, 2.45) is 5.92 Å². The number of rotatable bonds is 6. The minimum Gasteiger partial charge on any atom is -0.496 e. The number of benzene rings is 2. The molecule has 0 spiro atoms. The molecule has 2 amide bonds. The van der Waals surface area contributed by atoms with Crippen LogP contribution in [0.25, 0.3) is 0 Å². The van der Waals surface area contributed by atoms with Crippen LogP contribution in [0.2, 0.25) is 0 Å². The Hall–Kier alpha value is -3.00. The predicted octanol–water partition coefficient (Wildman–Crippen LogP) is 3.73. The van der Waals surface area contributed by atoms with Crippen molar-refractivity contribution in [3.8, 4) is 5.75 Å². The van der Waals surface area contributed by atoms with Crippen molar-refractivity contribution in [2.45, 2.75) is 44.9 Å². The van der Waals surface area contributed by atoms with Gasteiger partial charge in [-0.15, -0.1) is 0 Å². The Balaban J connectivity index is 1.67. The molecule has 0 radical (unpaired) electrons. The van der Waals surface area contributed by atoms with Gasteiger partial charge in [-0.3, -0.25) is 9.59 Å². The van der Waals surface area contributed by atoms with E-state index in [0.717, 1.165) is 18.9 Å². The molecule has 1 aliphatic carbocycles. The highest BCUT2D eigenvalue weighted by Crippen LogP contribution is 2.43. The van der Waals surface area contributed by atoms with Gasteiger partial charge in [0.25, 0.3) is 11.8 Å². The average Bonchev–Trinajstić information content (AvgIpc) is 3.47. The molecule has 1 atom stereocenters. The predicted molar refractivity (Wildman–Crippen MR) is 110 cm³/mol. The normalized spacial score (nSPS) is 16.8. The number of hydrogen-bond acceptors (Lipinski definition) is 4. The van der Waals surface area contributed by atoms with Gasteiger partial charge >= 0.3 is 0 Å². The van der Waals surface area contributed by atoms with Crippen molar-refractivity contribution in [2.75, 3.05) is 12.4 Å². The monoisotopic (exact) mass is 430 g/mol. The lowest BCUT2D eigenvalue weighted by Crippen LogP contribution is -2.51. The fraction of sp³-hybridized carbons (Fsp3) is 0.391. The fourth-order valence-corrected chi connectivity index (χ4v) is 4.44. The molecule has 0 saturated heterocycles. The third kappa shape index (κ3) is 3.76. The van der Waals surface area contributed by atoms with Crippen LogP contribution >= 0.6 is 0 Å². The highest BCUT2D eigenvalue weighted by molar-refractivity contribution is 6.11. The summed E-state index contributed by atoms with van der Waals surface area (Å²) >= 11 is 0. The molecule has 0 aromatic heterocycles. The molecular weight excluding hydrogens is 406 g/mol. The maximum atomic E-state index is 14.3. The van der Waals surface area contributed by atoms with E-state index in [4.69, 9.17) is 4.74 Å². The number of nitrogens with one attached hydrogen (secondary N) is 1. The van der Waals surface area contributed by atoms with Crippen molar-refractivity contribution in [1.82, 2.24) is 4.90 Å². The van der Waals surface area contributed by atoms with Crippen molar-refractivity contribution in [3.05, 3.63) is 58.7 Å². The average molecular weight is 430 g/mol. The topological polar surface area (TPSA) is 78.9 Å². The van der Waals surface area contributed by atoms with Gasteiger partial charge in [-0.2, -0.15) is 0 Å². The van der Waals surface area contributed by atoms with E-state index in [2.05, 4.69) is 5.32 Å². The number of anilines is 1. The van der Waals surface area contributed by atoms with E-state index in [0.29, 0.717) is 17.7 Å². The molecule has 31 heavy (non-hydrogen) atoms. The molecule has 2 aliphatic rings. The van der Waals surface area contributed by atoms with E-state index in [-0.39, 0.29) is 29.3 Å². The Kier molecular flexibility index (Phi) is 5.21. The Morgan fingerprint density at radius 2 is 1.97 bits per heavy atom. The number of amides is 2. The van der Waals surface area contributed by atoms with Crippen LogP contribution in [0.4, 0.5) is 14.5 Å². The lowest BCUT2D eigenvalue weighted by atomic mass is 9.93. The maximum Gasteiger partial charge on any atom is 0.262 e. The summed E-state index contributed by atoms with van der Waals surface area (Å²) in [6.07, 6.45) is 1.88. The van der Waals surface area contributed by atoms with Gasteiger partial charge in [0.15, 0.2) is 11.6 Å². The van der Waals surface area contributed by atoms with E-state index < -0.39 is 28.7 Å². The molecule has 1 aliphatic heterocycles. The fourth-order valence-electron chi connectivity index (χ4n) is 4.44. The number of carbonyl (C=O) groups is 2. The van der Waals surface area contributed by atoms with Crippen LogP contribution in [0.15, 0.2) is 30.3 Å². The standard InChI is InChI=1S/C23H24F2N2O4/c1-23(2,30)20(12-7-8-12)27-11-13-5-4-6-15(17(13)22(27)29)26-21(28)18-16(31-3)10-9-14(24)19(18)25/h4-6,9-10,12,20,30H,7-8,11H2,1-3H3,(H,26,28). The SMILES string of the molecule is COc1ccc(F)c(F)c1C(=O)Nc1cccc2c1C(=O)N(C(C1CC1)C(C)(C)O)C2. The molecule has 4 rings (SSSR count). The van der Waals surface area contributed by atoms with E-state index in [1.807, 2.05) is 0 Å². The number of hydrogen-bond donors (Lipinski definition) is 2. The molecule has 164 valence electrons. The van der Waals surface area contributed by atoms with Gasteiger partial charge in [0.2, 0.25) is 0 Å². The van der Waals surface area contributed by atoms with Crippen LogP contribution in [0, 0.1) is 17.6 Å². The van der Waals surface area contributed by atoms with Gasteiger partial charge in [-0.25, -0.2) is 8.78 Å². The van der Waals surface area contributed by atoms with Gasteiger partial charge in [0, 0.05) is 6.54 Å². The molecule has 6 nitrogen and oxygen atoms in total. The van der Waals surface area contributed by atoms with Gasteiger partial charge in [-0.05, 0) is 56.4 Å². The third-order valence-electron chi connectivity index (χ3n) is 5.85. The van der Waals surface area contributed by atoms with Crippen molar-refractivity contribution in [1.29, 1.82) is 0 Å². The van der Waals surface area contributed by atoms with Gasteiger partial charge in [-0.1, -0.05) is 12.1 Å². The molecule has 0 bridgehead atoms. The summed E-state index contributed by atoms with van der Waals surface area (Å²) in [6, 6.07) is 6.69. The quantitative estimate of drug-likeness (QED) is 0.732. The molecular formula is C23H24F2N2O4. The van der Waals surface area contributed by atoms with Crippen LogP contribution in [0.1, 0.15) is 53.0 Å². The highest BCUT2D eigenvalue weighted by atomic mass is 19.2. The summed E-state index contributed by atoms with van der Waals surface area (Å²) in [7, 11) is 1.25. The van der Waals surface area contributed by atoms with E-state index in [1.165, 1.54) is 19.2 Å². The largest absolute Gasteiger partial charge is 0.496 e. The zero-order valence-electron chi connectivity index (χ0n) is 17.5. The Morgan fingerprint density at radius 1 is 1.26 bits per heavy atom. The lowest BCUT2D eigenvalue weighted by Gasteiger charge is -2.37. The van der Waals surface area contributed by atoms with Gasteiger partial charge in [0.05, 0.1) is 30.0 Å². The minimum absolute atomic E-state index is 0.118. The maximum absolute atomic E-state index is 14.3. The minimum atomic E-state index is -1.33. The summed E-state index contributed by atoms with van der Waals surface area (Å²) < 4.78 is 33.0. The summed E-state index contributed by atoms with van der Waals surface area (Å²) in [5.74, 6) is -3.63. The van der Waals surface area contributed by atoms with Crippen LogP contribution in [0.5, 0.6) is 5.75 Å². The van der Waals surface area contributed by atoms with Crippen LogP contribution in [-0.4, -0.2) is 40.6 Å². The molecule has 2 aromatic carbocycles. The van der Waals surface area contributed by atoms with E-state index in [9.17, 15) is 23.5 Å². The number of halogens is 2. The molecule has 2 aromatic rings. The summed E-state index contributed by atoms with van der Waals surface area (Å²) in [6.45, 7) is 3.68. The lowest BCUT2D eigenvalue weighted by molar-refractivity contribution is -0.0224. The number of nitrogens with zero attached hydrogens (tertiary/aromatic N) is 1. The molecule has 1 unspecified atom stereocenters. The molecule has 2 N–H and O–H groups in total. The number of fused-ring (bicyclic) bond motifs is 1. The second-order valence-corrected chi connectivity index (χ2v) is 8.60. The zero-order valence-corrected chi connectivity index (χ0v) is 17.5. The molecule has 1 heterocycles. The van der Waals surface area contributed by atoms with Gasteiger partial charge in [0.1, 0.15) is 11.3 Å². The summed E-state index contributed by atoms with van der Waals surface area (Å²) in [5, 5.41) is 13.2. The third-order valence-corrected chi connectivity index (χ3v) is 5.85. The molecule has 1 fully saturated rings. The van der Waals surface area contributed by atoms with Crippen molar-refractivity contribution in [3.63, 3.8) is 0 Å². The second kappa shape index (κ2) is 7.60. The number of ether oxygens (including phenoxy) is 1. The van der Waals surface area contributed by atoms with E-state index >= 15 is 0 Å². The van der Waals surface area contributed by atoms with Crippen molar-refractivity contribution >= 4 is 17.5 Å². The first-order chi connectivity index (χ1) is 14.6.